The third kappa shape index (κ3) is 2.33. The molecule has 4 nitrogen and oxygen atoms in total. The van der Waals surface area contributed by atoms with Gasteiger partial charge in [-0.1, -0.05) is 29.9 Å². The van der Waals surface area contributed by atoms with Gasteiger partial charge in [-0.05, 0) is 31.0 Å². The van der Waals surface area contributed by atoms with Crippen LogP contribution in [-0.4, -0.2) is 30.2 Å². The van der Waals surface area contributed by atoms with Gasteiger partial charge in [-0.3, -0.25) is 0 Å². The third-order valence-electron chi connectivity index (χ3n) is 2.53. The molecule has 1 N–H and O–H groups in total. The molecule has 1 atom stereocenters. The summed E-state index contributed by atoms with van der Waals surface area (Å²) in [4.78, 5) is 1.85. The minimum absolute atomic E-state index is 0.303. The lowest BCUT2D eigenvalue weighted by atomic mass is 10.2. The van der Waals surface area contributed by atoms with Crippen LogP contribution in [0.5, 0.6) is 0 Å². The number of nitrogens with zero attached hydrogens (tertiary/aromatic N) is 1. The summed E-state index contributed by atoms with van der Waals surface area (Å²) in [5.74, 6) is 0. The zero-order valence-electron chi connectivity index (χ0n) is 9.38. The number of sulfone groups is 1. The van der Waals surface area contributed by atoms with E-state index in [2.05, 4.69) is 4.72 Å². The number of thiocarbonyl (C=S) groups is 1. The molecule has 0 saturated carbocycles. The van der Waals surface area contributed by atoms with Crippen molar-refractivity contribution in [3.63, 3.8) is 0 Å². The van der Waals surface area contributed by atoms with Crippen LogP contribution in [-0.2, 0) is 9.84 Å². The van der Waals surface area contributed by atoms with Crippen molar-refractivity contribution in [3.05, 3.63) is 29.8 Å². The van der Waals surface area contributed by atoms with Gasteiger partial charge in [0.05, 0.1) is 4.90 Å². The highest BCUT2D eigenvalue weighted by Gasteiger charge is 2.37. The topological polar surface area (TPSA) is 49.4 Å². The van der Waals surface area contributed by atoms with Crippen molar-refractivity contribution in [1.29, 1.82) is 0 Å². The lowest BCUT2D eigenvalue weighted by Gasteiger charge is -2.19. The average molecular weight is 288 g/mol. The number of rotatable bonds is 2. The van der Waals surface area contributed by atoms with Crippen molar-refractivity contribution in [1.82, 2.24) is 9.62 Å². The predicted octanol–water partition coefficient (Wildman–Crippen LogP) is 1.52. The van der Waals surface area contributed by atoms with Crippen molar-refractivity contribution in [3.8, 4) is 0 Å². The molecule has 0 aromatic heterocycles. The fourth-order valence-electron chi connectivity index (χ4n) is 1.48. The average Bonchev–Trinajstić information content (AvgIpc) is 2.61. The maximum Gasteiger partial charge on any atom is 0.214 e. The highest BCUT2D eigenvalue weighted by Crippen LogP contribution is 2.25. The van der Waals surface area contributed by atoms with Crippen molar-refractivity contribution in [2.75, 3.05) is 7.05 Å². The molecule has 0 spiro atoms. The van der Waals surface area contributed by atoms with Gasteiger partial charge < -0.3 is 4.90 Å². The lowest BCUT2D eigenvalue weighted by molar-refractivity contribution is 0.455. The van der Waals surface area contributed by atoms with Gasteiger partial charge in [0.2, 0.25) is 9.84 Å². The molecular formula is C10H12N2O2S3. The Hall–Kier alpha value is -0.630. The van der Waals surface area contributed by atoms with Gasteiger partial charge in [0.1, 0.15) is 0 Å². The fourth-order valence-corrected chi connectivity index (χ4v) is 4.41. The van der Waals surface area contributed by atoms with E-state index in [1.165, 1.54) is 11.9 Å². The number of benzene rings is 1. The van der Waals surface area contributed by atoms with Gasteiger partial charge in [0.15, 0.2) is 9.82 Å². The molecule has 0 aliphatic carbocycles. The summed E-state index contributed by atoms with van der Waals surface area (Å²) < 4.78 is 28.0. The molecule has 0 radical (unpaired) electrons. The summed E-state index contributed by atoms with van der Waals surface area (Å²) in [6, 6.07) is 6.80. The summed E-state index contributed by atoms with van der Waals surface area (Å²) in [6.45, 7) is 1.92. The number of aryl methyl sites for hydroxylation is 1. The van der Waals surface area contributed by atoms with Crippen LogP contribution in [0.4, 0.5) is 0 Å². The van der Waals surface area contributed by atoms with Crippen LogP contribution in [0.2, 0.25) is 0 Å². The van der Waals surface area contributed by atoms with E-state index in [1.54, 1.807) is 36.2 Å². The number of hydrogen-bond acceptors (Lipinski definition) is 5. The first kappa shape index (κ1) is 12.8. The molecule has 1 aliphatic rings. The number of nitrogens with one attached hydrogen (secondary N) is 1. The molecule has 1 unspecified atom stereocenters. The summed E-state index contributed by atoms with van der Waals surface area (Å²) >= 11 is 6.19. The summed E-state index contributed by atoms with van der Waals surface area (Å²) in [5.41, 5.74) is 0.240. The van der Waals surface area contributed by atoms with Crippen molar-refractivity contribution in [2.24, 2.45) is 0 Å². The maximum absolute atomic E-state index is 12.3. The molecule has 0 amide bonds. The van der Waals surface area contributed by atoms with Crippen LogP contribution in [0, 0.1) is 6.92 Å². The first-order valence-corrected chi connectivity index (χ1v) is 7.70. The van der Waals surface area contributed by atoms with E-state index in [0.29, 0.717) is 9.22 Å². The van der Waals surface area contributed by atoms with Crippen LogP contribution >= 0.6 is 24.2 Å². The molecule has 0 bridgehead atoms. The van der Waals surface area contributed by atoms with E-state index in [-0.39, 0.29) is 0 Å². The van der Waals surface area contributed by atoms with Gasteiger partial charge >= 0.3 is 0 Å². The Morgan fingerprint density at radius 2 is 1.94 bits per heavy atom. The second-order valence-electron chi connectivity index (χ2n) is 3.81. The van der Waals surface area contributed by atoms with Crippen molar-refractivity contribution < 1.29 is 8.42 Å². The van der Waals surface area contributed by atoms with Gasteiger partial charge in [0, 0.05) is 7.05 Å². The molecule has 92 valence electrons. The van der Waals surface area contributed by atoms with E-state index in [9.17, 15) is 8.42 Å². The molecule has 2 rings (SSSR count). The molecule has 7 heteroatoms. The van der Waals surface area contributed by atoms with E-state index < -0.39 is 15.3 Å². The second kappa shape index (κ2) is 4.56. The third-order valence-corrected chi connectivity index (χ3v) is 5.97. The summed E-state index contributed by atoms with van der Waals surface area (Å²) in [6.07, 6.45) is 0. The summed E-state index contributed by atoms with van der Waals surface area (Å²) in [5, 5.41) is 0. The SMILES string of the molecule is Cc1ccc(S(=O)(=O)C2NSC(=S)N2C)cc1. The Morgan fingerprint density at radius 3 is 2.41 bits per heavy atom. The summed E-state index contributed by atoms with van der Waals surface area (Å²) in [7, 11) is -1.76. The van der Waals surface area contributed by atoms with E-state index in [1.807, 2.05) is 6.92 Å². The largest absolute Gasteiger partial charge is 0.330 e. The molecule has 1 fully saturated rings. The Labute approximate surface area is 110 Å². The second-order valence-corrected chi connectivity index (χ2v) is 7.29. The van der Waals surface area contributed by atoms with Crippen LogP contribution in [0.25, 0.3) is 0 Å². The van der Waals surface area contributed by atoms with Crippen LogP contribution < -0.4 is 4.72 Å². The first-order valence-electron chi connectivity index (χ1n) is 4.92. The predicted molar refractivity (Wildman–Crippen MR) is 73.2 cm³/mol. The lowest BCUT2D eigenvalue weighted by Crippen LogP contribution is -2.40. The Morgan fingerprint density at radius 1 is 1.35 bits per heavy atom. The number of hydrogen-bond donors (Lipinski definition) is 1. The quantitative estimate of drug-likeness (QED) is 0.658. The molecule has 1 aromatic carbocycles. The monoisotopic (exact) mass is 288 g/mol. The van der Waals surface area contributed by atoms with Crippen LogP contribution in [0.15, 0.2) is 29.2 Å². The van der Waals surface area contributed by atoms with E-state index >= 15 is 0 Å². The van der Waals surface area contributed by atoms with Crippen LogP contribution in [0.3, 0.4) is 0 Å². The van der Waals surface area contributed by atoms with Crippen LogP contribution in [0.1, 0.15) is 5.56 Å². The van der Waals surface area contributed by atoms with Crippen molar-refractivity contribution in [2.45, 2.75) is 17.3 Å². The molecular weight excluding hydrogens is 276 g/mol. The Kier molecular flexibility index (Phi) is 3.44. The Balaban J connectivity index is 2.37. The molecule has 1 aliphatic heterocycles. The first-order chi connectivity index (χ1) is 7.93. The zero-order valence-corrected chi connectivity index (χ0v) is 11.8. The minimum Gasteiger partial charge on any atom is -0.330 e. The smallest absolute Gasteiger partial charge is 0.214 e. The highest BCUT2D eigenvalue weighted by molar-refractivity contribution is 8.22. The highest BCUT2D eigenvalue weighted by atomic mass is 32.2. The van der Waals surface area contributed by atoms with Gasteiger partial charge in [0.25, 0.3) is 0 Å². The molecule has 1 aromatic rings. The fraction of sp³-hybridized carbons (Fsp3) is 0.300. The minimum atomic E-state index is -3.43. The maximum atomic E-state index is 12.3. The van der Waals surface area contributed by atoms with Gasteiger partial charge in [-0.2, -0.15) is 0 Å². The molecule has 1 saturated heterocycles. The molecule has 1 heterocycles. The zero-order chi connectivity index (χ0) is 12.6. The Bertz CT molecular complexity index is 539. The van der Waals surface area contributed by atoms with Gasteiger partial charge in [-0.15, -0.1) is 0 Å². The van der Waals surface area contributed by atoms with E-state index in [0.717, 1.165) is 5.56 Å². The molecule has 17 heavy (non-hydrogen) atoms. The standard InChI is InChI=1S/C10H12N2O2S3/c1-7-3-5-8(6-4-7)17(13,14)9-11-16-10(15)12(9)2/h3-6,9,11H,1-2H3. The van der Waals surface area contributed by atoms with Gasteiger partial charge in [-0.25, -0.2) is 13.1 Å². The normalized spacial score (nSPS) is 20.9. The van der Waals surface area contributed by atoms with Crippen molar-refractivity contribution >= 4 is 38.3 Å². The van der Waals surface area contributed by atoms with E-state index in [4.69, 9.17) is 12.2 Å².